The topological polar surface area (TPSA) is 119 Å². The number of imide groups is 1. The van der Waals surface area contributed by atoms with Gasteiger partial charge in [-0.3, -0.25) is 19.7 Å². The molecule has 1 saturated heterocycles. The first-order valence-corrected chi connectivity index (χ1v) is 8.88. The zero-order chi connectivity index (χ0) is 20.1. The van der Waals surface area contributed by atoms with E-state index in [0.29, 0.717) is 5.02 Å². The van der Waals surface area contributed by atoms with E-state index in [0.717, 1.165) is 5.56 Å². The Labute approximate surface area is 162 Å². The molecule has 0 aliphatic carbocycles. The van der Waals surface area contributed by atoms with Gasteiger partial charge in [0, 0.05) is 24.5 Å². The van der Waals surface area contributed by atoms with Gasteiger partial charge >= 0.3 is 12.0 Å². The zero-order valence-corrected chi connectivity index (χ0v) is 15.9. The largest absolute Gasteiger partial charge is 0.452 e. The lowest BCUT2D eigenvalue weighted by Gasteiger charge is -2.22. The Balaban J connectivity index is 2.00. The van der Waals surface area contributed by atoms with Crippen LogP contribution in [0.5, 0.6) is 0 Å². The molecule has 9 heteroatoms. The third kappa shape index (κ3) is 5.43. The smallest absolute Gasteiger partial charge is 0.318 e. The monoisotopic (exact) mass is 395 g/mol. The molecule has 0 saturated carbocycles. The highest BCUT2D eigenvalue weighted by Crippen LogP contribution is 2.25. The number of nitrogens with two attached hydrogens (primary N) is 1. The molecule has 3 N–H and O–H groups in total. The van der Waals surface area contributed by atoms with Crippen molar-refractivity contribution in [3.05, 3.63) is 34.9 Å². The second-order valence-electron chi connectivity index (χ2n) is 6.72. The number of hydrogen-bond donors (Lipinski definition) is 2. The van der Waals surface area contributed by atoms with E-state index in [2.05, 4.69) is 0 Å². The Kier molecular flexibility index (Phi) is 6.79. The fourth-order valence-electron chi connectivity index (χ4n) is 2.82. The van der Waals surface area contributed by atoms with Crippen LogP contribution in [-0.4, -0.2) is 41.4 Å². The SMILES string of the molecule is CC(C)[C@H](OC(=O)[C@@H]1CC(=O)N(Cc2ccccc2Cl)C1)C(=O)NC(N)=O. The average molecular weight is 396 g/mol. The number of carbonyl (C=O) groups is 4. The lowest BCUT2D eigenvalue weighted by molar-refractivity contribution is -0.162. The molecule has 27 heavy (non-hydrogen) atoms. The quantitative estimate of drug-likeness (QED) is 0.706. The molecule has 2 rings (SSSR count). The molecule has 1 fully saturated rings. The maximum absolute atomic E-state index is 12.4. The van der Waals surface area contributed by atoms with E-state index in [1.54, 1.807) is 26.0 Å². The van der Waals surface area contributed by atoms with Crippen molar-refractivity contribution in [3.63, 3.8) is 0 Å². The summed E-state index contributed by atoms with van der Waals surface area (Å²) in [6.45, 7) is 3.80. The molecule has 1 aliphatic rings. The molecule has 0 unspecified atom stereocenters. The lowest BCUT2D eigenvalue weighted by Crippen LogP contribution is -2.46. The van der Waals surface area contributed by atoms with Gasteiger partial charge in [0.2, 0.25) is 5.91 Å². The predicted molar refractivity (Wildman–Crippen MR) is 97.4 cm³/mol. The number of likely N-dealkylation sites (tertiary alicyclic amines) is 1. The Hall–Kier alpha value is -2.61. The molecule has 4 amide bonds. The number of hydrogen-bond acceptors (Lipinski definition) is 5. The summed E-state index contributed by atoms with van der Waals surface area (Å²) >= 11 is 6.12. The minimum absolute atomic E-state index is 0.00839. The minimum Gasteiger partial charge on any atom is -0.452 e. The fraction of sp³-hybridized carbons (Fsp3) is 0.444. The number of benzene rings is 1. The van der Waals surface area contributed by atoms with Crippen LogP contribution in [0.1, 0.15) is 25.8 Å². The van der Waals surface area contributed by atoms with Crippen molar-refractivity contribution in [1.29, 1.82) is 0 Å². The standard InChI is InChI=1S/C18H22ClN3O5/c1-10(2)15(16(24)21-18(20)26)27-17(25)12-7-14(23)22(9-12)8-11-5-3-4-6-13(11)19/h3-6,10,12,15H,7-9H2,1-2H3,(H3,20,21,24,26)/t12-,15+/m1/s1. The zero-order valence-electron chi connectivity index (χ0n) is 15.1. The normalized spacial score (nSPS) is 17.7. The highest BCUT2D eigenvalue weighted by molar-refractivity contribution is 6.31. The van der Waals surface area contributed by atoms with E-state index in [4.69, 9.17) is 22.1 Å². The molecule has 0 spiro atoms. The summed E-state index contributed by atoms with van der Waals surface area (Å²) in [5.74, 6) is -2.71. The van der Waals surface area contributed by atoms with E-state index in [1.807, 2.05) is 17.4 Å². The maximum atomic E-state index is 12.4. The van der Waals surface area contributed by atoms with Crippen LogP contribution < -0.4 is 11.1 Å². The molecule has 1 aliphatic heterocycles. The number of carbonyl (C=O) groups excluding carboxylic acids is 4. The summed E-state index contributed by atoms with van der Waals surface area (Å²) in [4.78, 5) is 49.0. The Morgan fingerprint density at radius 2 is 2.00 bits per heavy atom. The van der Waals surface area contributed by atoms with Crippen LogP contribution in [-0.2, 0) is 25.7 Å². The van der Waals surface area contributed by atoms with Gasteiger partial charge in [0.25, 0.3) is 5.91 Å². The summed E-state index contributed by atoms with van der Waals surface area (Å²) in [5.41, 5.74) is 5.71. The van der Waals surface area contributed by atoms with Gasteiger partial charge < -0.3 is 15.4 Å². The number of primary amides is 1. The van der Waals surface area contributed by atoms with Gasteiger partial charge in [-0.2, -0.15) is 0 Å². The van der Waals surface area contributed by atoms with Crippen LogP contribution in [0.15, 0.2) is 24.3 Å². The lowest BCUT2D eigenvalue weighted by atomic mass is 10.1. The first kappa shape index (κ1) is 20.7. The number of amides is 4. The van der Waals surface area contributed by atoms with Crippen LogP contribution in [0.2, 0.25) is 5.02 Å². The number of esters is 1. The van der Waals surface area contributed by atoms with Crippen LogP contribution in [0, 0.1) is 11.8 Å². The average Bonchev–Trinajstić information content (AvgIpc) is 2.94. The van der Waals surface area contributed by atoms with Crippen molar-refractivity contribution in [2.75, 3.05) is 6.54 Å². The van der Waals surface area contributed by atoms with E-state index >= 15 is 0 Å². The number of nitrogens with one attached hydrogen (secondary N) is 1. The molecule has 0 bridgehead atoms. The summed E-state index contributed by atoms with van der Waals surface area (Å²) in [6, 6.07) is 6.13. The second kappa shape index (κ2) is 8.85. The highest BCUT2D eigenvalue weighted by Gasteiger charge is 2.38. The first-order valence-electron chi connectivity index (χ1n) is 8.51. The third-order valence-electron chi connectivity index (χ3n) is 4.22. The van der Waals surface area contributed by atoms with Gasteiger partial charge in [-0.05, 0) is 17.5 Å². The van der Waals surface area contributed by atoms with E-state index in [1.165, 1.54) is 4.90 Å². The van der Waals surface area contributed by atoms with Crippen molar-refractivity contribution in [3.8, 4) is 0 Å². The highest BCUT2D eigenvalue weighted by atomic mass is 35.5. The van der Waals surface area contributed by atoms with Crippen molar-refractivity contribution in [1.82, 2.24) is 10.2 Å². The molecule has 1 aromatic carbocycles. The van der Waals surface area contributed by atoms with E-state index in [9.17, 15) is 19.2 Å². The van der Waals surface area contributed by atoms with Gasteiger partial charge in [-0.25, -0.2) is 4.79 Å². The Morgan fingerprint density at radius 1 is 1.33 bits per heavy atom. The van der Waals surface area contributed by atoms with Gasteiger partial charge in [-0.1, -0.05) is 43.6 Å². The van der Waals surface area contributed by atoms with Crippen molar-refractivity contribution < 1.29 is 23.9 Å². The summed E-state index contributed by atoms with van der Waals surface area (Å²) < 4.78 is 5.27. The summed E-state index contributed by atoms with van der Waals surface area (Å²) in [6.07, 6.45) is -1.18. The molecule has 146 valence electrons. The Bertz CT molecular complexity index is 752. The van der Waals surface area contributed by atoms with Crippen LogP contribution in [0.25, 0.3) is 0 Å². The van der Waals surface area contributed by atoms with Crippen molar-refractivity contribution in [2.24, 2.45) is 17.6 Å². The second-order valence-corrected chi connectivity index (χ2v) is 7.13. The predicted octanol–water partition coefficient (Wildman–Crippen LogP) is 1.45. The van der Waals surface area contributed by atoms with Gasteiger partial charge in [0.05, 0.1) is 5.92 Å². The third-order valence-corrected chi connectivity index (χ3v) is 4.59. The summed E-state index contributed by atoms with van der Waals surface area (Å²) in [7, 11) is 0. The molecular formula is C18H22ClN3O5. The van der Waals surface area contributed by atoms with Crippen LogP contribution in [0.4, 0.5) is 4.79 Å². The van der Waals surface area contributed by atoms with Crippen molar-refractivity contribution in [2.45, 2.75) is 32.9 Å². The Morgan fingerprint density at radius 3 is 2.59 bits per heavy atom. The molecule has 0 radical (unpaired) electrons. The first-order chi connectivity index (χ1) is 12.7. The molecule has 0 aromatic heterocycles. The molecule has 1 aromatic rings. The maximum Gasteiger partial charge on any atom is 0.318 e. The van der Waals surface area contributed by atoms with Gasteiger partial charge in [0.1, 0.15) is 0 Å². The van der Waals surface area contributed by atoms with Crippen molar-refractivity contribution >= 4 is 35.4 Å². The number of urea groups is 1. The van der Waals surface area contributed by atoms with Gasteiger partial charge in [-0.15, -0.1) is 0 Å². The molecular weight excluding hydrogens is 374 g/mol. The van der Waals surface area contributed by atoms with E-state index < -0.39 is 29.9 Å². The van der Waals surface area contributed by atoms with Crippen LogP contribution >= 0.6 is 11.6 Å². The van der Waals surface area contributed by atoms with Crippen LogP contribution in [0.3, 0.4) is 0 Å². The number of nitrogens with zero attached hydrogens (tertiary/aromatic N) is 1. The number of halogens is 1. The number of ether oxygens (including phenoxy) is 1. The summed E-state index contributed by atoms with van der Waals surface area (Å²) in [5, 5.41) is 2.45. The molecule has 8 nitrogen and oxygen atoms in total. The fourth-order valence-corrected chi connectivity index (χ4v) is 3.02. The molecule has 1 heterocycles. The van der Waals surface area contributed by atoms with E-state index in [-0.39, 0.29) is 31.3 Å². The number of rotatable bonds is 6. The van der Waals surface area contributed by atoms with Gasteiger partial charge in [0.15, 0.2) is 6.10 Å². The molecule has 2 atom stereocenters. The minimum atomic E-state index is -1.17.